The third kappa shape index (κ3) is 2.82. The van der Waals surface area contributed by atoms with Gasteiger partial charge in [0.2, 0.25) is 0 Å². The van der Waals surface area contributed by atoms with Crippen LogP contribution in [0.3, 0.4) is 0 Å². The smallest absolute Gasteiger partial charge is 0.242 e. The summed E-state index contributed by atoms with van der Waals surface area (Å²) in [6, 6.07) is 10.3. The molecule has 0 fully saturated rings. The lowest BCUT2D eigenvalue weighted by Crippen LogP contribution is -2.21. The summed E-state index contributed by atoms with van der Waals surface area (Å²) < 4.78 is 27.7. The van der Waals surface area contributed by atoms with Crippen LogP contribution in [0.4, 0.5) is 0 Å². The summed E-state index contributed by atoms with van der Waals surface area (Å²) in [5, 5.41) is 8.77. The van der Waals surface area contributed by atoms with Crippen LogP contribution in [0.5, 0.6) is 0 Å². The fraction of sp³-hybridized carbons (Fsp3) is 0.263. The quantitative estimate of drug-likeness (QED) is 0.445. The van der Waals surface area contributed by atoms with Gasteiger partial charge in [0, 0.05) is 11.4 Å². The van der Waals surface area contributed by atoms with Gasteiger partial charge in [0.05, 0.1) is 22.9 Å². The number of aromatic nitrogens is 1. The van der Waals surface area contributed by atoms with Gasteiger partial charge in [-0.05, 0) is 56.0 Å². The minimum absolute atomic E-state index is 0.0872. The van der Waals surface area contributed by atoms with Gasteiger partial charge in [-0.1, -0.05) is 17.7 Å². The predicted octanol–water partition coefficient (Wildman–Crippen LogP) is 4.05. The van der Waals surface area contributed by atoms with Crippen molar-refractivity contribution in [2.45, 2.75) is 37.0 Å². The summed E-state index contributed by atoms with van der Waals surface area (Å²) in [6.07, 6.45) is 0.931. The second kappa shape index (κ2) is 6.64. The van der Waals surface area contributed by atoms with Gasteiger partial charge in [0.25, 0.3) is 15.7 Å². The lowest BCUT2D eigenvalue weighted by molar-refractivity contribution is 0.582. The first-order valence-corrected chi connectivity index (χ1v) is 9.88. The molecule has 1 aromatic heterocycles. The van der Waals surface area contributed by atoms with Crippen LogP contribution >= 0.6 is 11.6 Å². The van der Waals surface area contributed by atoms with Crippen LogP contribution in [-0.2, 0) is 16.4 Å². The molecule has 0 bridgehead atoms. The molecule has 5 nitrogen and oxygen atoms in total. The van der Waals surface area contributed by atoms with E-state index in [2.05, 4.69) is 4.85 Å². The zero-order chi connectivity index (χ0) is 19.1. The summed E-state index contributed by atoms with van der Waals surface area (Å²) in [5.74, 6) is 0. The molecule has 7 heteroatoms. The van der Waals surface area contributed by atoms with Crippen LogP contribution in [0, 0.1) is 31.8 Å². The zero-order valence-corrected chi connectivity index (χ0v) is 15.9. The van der Waals surface area contributed by atoms with Crippen LogP contribution < -0.4 is 0 Å². The van der Waals surface area contributed by atoms with Crippen LogP contribution in [0.15, 0.2) is 40.9 Å². The van der Waals surface area contributed by atoms with Crippen molar-refractivity contribution in [1.29, 1.82) is 5.26 Å². The molecule has 0 radical (unpaired) electrons. The Kier molecular flexibility index (Phi) is 4.66. The fourth-order valence-corrected chi connectivity index (χ4v) is 5.22. The van der Waals surface area contributed by atoms with Crippen molar-refractivity contribution < 1.29 is 8.42 Å². The molecule has 0 saturated heterocycles. The summed E-state index contributed by atoms with van der Waals surface area (Å²) in [7, 11) is -3.77. The van der Waals surface area contributed by atoms with Crippen LogP contribution in [0.2, 0.25) is 0 Å². The van der Waals surface area contributed by atoms with Gasteiger partial charge in [-0.2, -0.15) is 0 Å². The first-order chi connectivity index (χ1) is 12.3. The van der Waals surface area contributed by atoms with Crippen molar-refractivity contribution in [3.05, 3.63) is 70.0 Å². The Balaban J connectivity index is 2.27. The molecule has 3 rings (SSSR count). The lowest BCUT2D eigenvalue weighted by atomic mass is 9.90. The number of benzene rings is 1. The number of rotatable bonds is 2. The van der Waals surface area contributed by atoms with E-state index in [9.17, 15) is 13.7 Å². The molecule has 26 heavy (non-hydrogen) atoms. The van der Waals surface area contributed by atoms with Gasteiger partial charge < -0.3 is 0 Å². The van der Waals surface area contributed by atoms with Crippen LogP contribution in [-0.4, -0.2) is 17.8 Å². The van der Waals surface area contributed by atoms with Gasteiger partial charge in [0.15, 0.2) is 0 Å². The highest BCUT2D eigenvalue weighted by molar-refractivity contribution is 7.90. The molecule has 0 N–H and O–H groups in total. The Morgan fingerprint density at radius 2 is 2.00 bits per heavy atom. The van der Waals surface area contributed by atoms with Crippen LogP contribution in [0.1, 0.15) is 28.9 Å². The molecule has 0 aliphatic heterocycles. The number of halogens is 1. The second-order valence-electron chi connectivity index (χ2n) is 6.22. The fourth-order valence-electron chi connectivity index (χ4n) is 3.29. The van der Waals surface area contributed by atoms with E-state index in [0.29, 0.717) is 35.4 Å². The summed E-state index contributed by atoms with van der Waals surface area (Å²) >= 11 is 6.36. The summed E-state index contributed by atoms with van der Waals surface area (Å²) in [4.78, 5) is 3.48. The molecule has 0 saturated carbocycles. The average molecular weight is 386 g/mol. The highest BCUT2D eigenvalue weighted by Gasteiger charge is 2.32. The monoisotopic (exact) mass is 385 g/mol. The Labute approximate surface area is 158 Å². The first kappa shape index (κ1) is 18.3. The molecule has 1 aliphatic carbocycles. The van der Waals surface area contributed by atoms with E-state index >= 15 is 0 Å². The minimum Gasteiger partial charge on any atom is -0.242 e. The third-order valence-electron chi connectivity index (χ3n) is 4.50. The Hall–Kier alpha value is -2.54. The number of allylic oxidation sites excluding steroid dienone is 2. The lowest BCUT2D eigenvalue weighted by Gasteiger charge is -2.23. The highest BCUT2D eigenvalue weighted by atomic mass is 35.5. The largest absolute Gasteiger partial charge is 0.268 e. The molecule has 2 aromatic rings. The summed E-state index contributed by atoms with van der Waals surface area (Å²) in [5.41, 5.74) is 2.99. The van der Waals surface area contributed by atoms with Gasteiger partial charge in [-0.15, -0.1) is 11.6 Å². The molecule has 1 heterocycles. The number of aryl methyl sites for hydroxylation is 2. The maximum absolute atomic E-state index is 13.2. The number of alkyl halides is 1. The highest BCUT2D eigenvalue weighted by Crippen LogP contribution is 2.39. The van der Waals surface area contributed by atoms with E-state index in [-0.39, 0.29) is 10.6 Å². The maximum atomic E-state index is 13.2. The van der Waals surface area contributed by atoms with Gasteiger partial charge in [-0.25, -0.2) is 22.5 Å². The van der Waals surface area contributed by atoms with E-state index in [4.69, 9.17) is 18.2 Å². The molecule has 0 spiro atoms. The Morgan fingerprint density at radius 1 is 1.35 bits per heavy atom. The molecular weight excluding hydrogens is 370 g/mol. The molecular formula is C19H16ClN3O2S. The molecule has 1 atom stereocenters. The molecule has 1 aromatic carbocycles. The number of hydrogen-bond acceptors (Lipinski definition) is 3. The Bertz CT molecular complexity index is 1080. The van der Waals surface area contributed by atoms with E-state index in [1.807, 2.05) is 13.0 Å². The van der Waals surface area contributed by atoms with Gasteiger partial charge in [0.1, 0.15) is 0 Å². The average Bonchev–Trinajstić information content (AvgIpc) is 2.94. The second-order valence-corrected chi connectivity index (χ2v) is 8.53. The number of nitrogens with zero attached hydrogens (tertiary/aromatic N) is 3. The zero-order valence-electron chi connectivity index (χ0n) is 14.3. The van der Waals surface area contributed by atoms with Crippen molar-refractivity contribution in [3.8, 4) is 6.07 Å². The summed E-state index contributed by atoms with van der Waals surface area (Å²) in [6.45, 7) is 10.8. The SMILES string of the molecule is [C-]#[N+]/C(C#N)=C1/c2cc(C)n(S(=O)(=O)c3ccc(C)cc3)c2CCC1Cl. The van der Waals surface area contributed by atoms with Gasteiger partial charge in [-0.3, -0.25) is 0 Å². The first-order valence-electron chi connectivity index (χ1n) is 8.01. The van der Waals surface area contributed by atoms with E-state index in [1.54, 1.807) is 37.3 Å². The van der Waals surface area contributed by atoms with Crippen LogP contribution in [0.25, 0.3) is 10.4 Å². The van der Waals surface area contributed by atoms with E-state index in [0.717, 1.165) is 5.56 Å². The molecule has 0 amide bonds. The number of nitriles is 1. The number of hydrogen-bond donors (Lipinski definition) is 0. The minimum atomic E-state index is -3.77. The van der Waals surface area contributed by atoms with E-state index in [1.165, 1.54) is 3.97 Å². The normalized spacial score (nSPS) is 18.6. The maximum Gasteiger partial charge on any atom is 0.268 e. The van der Waals surface area contributed by atoms with Crippen molar-refractivity contribution >= 4 is 27.2 Å². The standard InChI is InChI=1S/C19H16ClN3O2S/c1-12-4-6-14(7-5-12)26(24,25)23-13(2)10-15-18(23)9-8-16(20)19(15)17(11-21)22-3/h4-7,10,16H,8-9H2,1-2H3/b19-17-. The topological polar surface area (TPSA) is 67.2 Å². The Morgan fingerprint density at radius 3 is 2.58 bits per heavy atom. The molecule has 132 valence electrons. The van der Waals surface area contributed by atoms with Crippen molar-refractivity contribution in [2.24, 2.45) is 0 Å². The molecule has 1 aliphatic rings. The third-order valence-corrected chi connectivity index (χ3v) is 6.79. The van der Waals surface area contributed by atoms with Crippen molar-refractivity contribution in [3.63, 3.8) is 0 Å². The van der Waals surface area contributed by atoms with Crippen molar-refractivity contribution in [2.75, 3.05) is 0 Å². The number of fused-ring (bicyclic) bond motifs is 1. The van der Waals surface area contributed by atoms with Gasteiger partial charge >= 0.3 is 0 Å². The molecule has 1 unspecified atom stereocenters. The van der Waals surface area contributed by atoms with E-state index < -0.39 is 15.4 Å². The predicted molar refractivity (Wildman–Crippen MR) is 100 cm³/mol. The van der Waals surface area contributed by atoms with Crippen molar-refractivity contribution in [1.82, 2.24) is 3.97 Å².